The van der Waals surface area contributed by atoms with Crippen LogP contribution < -0.4 is 0 Å². The Morgan fingerprint density at radius 1 is 0.531 bits per heavy atom. The van der Waals surface area contributed by atoms with Gasteiger partial charge in [-0.3, -0.25) is 0 Å². The predicted molar refractivity (Wildman–Crippen MR) is 213 cm³/mol. The van der Waals surface area contributed by atoms with Crippen LogP contribution in [-0.2, 0) is 25.7 Å². The fourth-order valence-corrected chi connectivity index (χ4v) is 12.6. The van der Waals surface area contributed by atoms with Gasteiger partial charge in [-0.1, -0.05) is 97.0 Å². The maximum atomic E-state index is 2.63. The first-order valence-electron chi connectivity index (χ1n) is 18.0. The molecule has 3 heteroatoms. The molecule has 0 amide bonds. The molecule has 10 rings (SSSR count). The summed E-state index contributed by atoms with van der Waals surface area (Å²) in [4.78, 5) is 2.89. The molecule has 2 radical (unpaired) electrons. The summed E-state index contributed by atoms with van der Waals surface area (Å²) < 4.78 is 0. The van der Waals surface area contributed by atoms with Gasteiger partial charge in [0.1, 0.15) is 0 Å². The molecule has 4 aromatic carbocycles. The molecule has 2 unspecified atom stereocenters. The highest BCUT2D eigenvalue weighted by molar-refractivity contribution is 7.11. The number of benzene rings is 4. The largest absolute Gasteiger partial charge is 0.144 e. The molecular formula is C46H38S2Si. The predicted octanol–water partition coefficient (Wildman–Crippen LogP) is 12.6. The van der Waals surface area contributed by atoms with Crippen LogP contribution in [0.3, 0.4) is 0 Å². The highest BCUT2D eigenvalue weighted by atomic mass is 32.1. The van der Waals surface area contributed by atoms with E-state index in [0.717, 1.165) is 9.52 Å². The third-order valence-corrected chi connectivity index (χ3v) is 14.7. The van der Waals surface area contributed by atoms with Gasteiger partial charge in [-0.25, -0.2) is 0 Å². The van der Waals surface area contributed by atoms with E-state index in [2.05, 4.69) is 120 Å². The summed E-state index contributed by atoms with van der Waals surface area (Å²) in [7, 11) is 0.880. The smallest absolute Gasteiger partial charge is 0.0397 e. The Balaban J connectivity index is 1.03. The molecule has 0 fully saturated rings. The third kappa shape index (κ3) is 5.04. The van der Waals surface area contributed by atoms with Crippen molar-refractivity contribution < 1.29 is 0 Å². The number of hydrogen-bond acceptors (Lipinski definition) is 2. The van der Waals surface area contributed by atoms with Gasteiger partial charge in [0.25, 0.3) is 0 Å². The summed E-state index contributed by atoms with van der Waals surface area (Å²) in [5, 5.41) is 4.51. The first kappa shape index (κ1) is 29.9. The molecule has 4 aliphatic rings. The lowest BCUT2D eigenvalue weighted by Crippen LogP contribution is -2.08. The Bertz CT molecular complexity index is 2080. The number of rotatable bonds is 8. The number of hydrogen-bond donors (Lipinski definition) is 0. The number of allylic oxidation sites excluding steroid dienone is 2. The van der Waals surface area contributed by atoms with Gasteiger partial charge in [0, 0.05) is 31.1 Å². The van der Waals surface area contributed by atoms with Crippen LogP contribution in [0.15, 0.2) is 108 Å². The van der Waals surface area contributed by atoms with Gasteiger partial charge in [0.15, 0.2) is 0 Å². The normalized spacial score (nSPS) is 18.6. The summed E-state index contributed by atoms with van der Waals surface area (Å²) in [5.41, 5.74) is 21.5. The Labute approximate surface area is 300 Å². The van der Waals surface area contributed by atoms with Crippen molar-refractivity contribution in [2.24, 2.45) is 0 Å². The molecule has 0 saturated heterocycles. The molecule has 6 aromatic rings. The van der Waals surface area contributed by atoms with Crippen molar-refractivity contribution in [1.82, 2.24) is 0 Å². The van der Waals surface area contributed by atoms with Crippen LogP contribution >= 0.6 is 22.7 Å². The SMILES string of the molecule is C1=C(c2cccs2)C(C[Si]CC2C(c3cccs3)=Cc3c2cc2c(c3-c3ccccc3)CCC2)c2cc3c(c(-c4ccccc4)c21)CCC3. The quantitative estimate of drug-likeness (QED) is 0.140. The van der Waals surface area contributed by atoms with Crippen LogP contribution in [0.2, 0.25) is 12.1 Å². The second-order valence-electron chi connectivity index (χ2n) is 14.1. The third-order valence-electron chi connectivity index (χ3n) is 11.5. The van der Waals surface area contributed by atoms with E-state index in [9.17, 15) is 0 Å². The number of aryl methyl sites for hydroxylation is 2. The highest BCUT2D eigenvalue weighted by Crippen LogP contribution is 2.54. The van der Waals surface area contributed by atoms with Gasteiger partial charge < -0.3 is 0 Å². The van der Waals surface area contributed by atoms with Crippen LogP contribution in [0.25, 0.3) is 45.6 Å². The van der Waals surface area contributed by atoms with E-state index in [4.69, 9.17) is 0 Å². The zero-order valence-electron chi connectivity index (χ0n) is 27.7. The van der Waals surface area contributed by atoms with Crippen molar-refractivity contribution >= 4 is 55.5 Å². The molecule has 2 atom stereocenters. The van der Waals surface area contributed by atoms with Crippen molar-refractivity contribution in [3.8, 4) is 22.3 Å². The average Bonchev–Trinajstić information content (AvgIpc) is 3.99. The van der Waals surface area contributed by atoms with Crippen molar-refractivity contribution in [1.29, 1.82) is 0 Å². The first-order chi connectivity index (χ1) is 24.3. The fourth-order valence-electron chi connectivity index (χ4n) is 9.36. The maximum Gasteiger partial charge on any atom is 0.0397 e. The maximum absolute atomic E-state index is 2.63. The van der Waals surface area contributed by atoms with Gasteiger partial charge >= 0.3 is 0 Å². The molecule has 238 valence electrons. The van der Waals surface area contributed by atoms with Crippen molar-refractivity contribution in [3.05, 3.63) is 162 Å². The van der Waals surface area contributed by atoms with E-state index >= 15 is 0 Å². The minimum atomic E-state index is 0.454. The van der Waals surface area contributed by atoms with Crippen molar-refractivity contribution in [2.45, 2.75) is 62.4 Å². The minimum absolute atomic E-state index is 0.454. The van der Waals surface area contributed by atoms with E-state index in [1.807, 2.05) is 22.7 Å². The van der Waals surface area contributed by atoms with Gasteiger partial charge in [-0.2, -0.15) is 0 Å². The van der Waals surface area contributed by atoms with E-state index in [0.29, 0.717) is 11.8 Å². The van der Waals surface area contributed by atoms with Crippen LogP contribution in [0.1, 0.15) is 78.9 Å². The molecule has 0 aliphatic heterocycles. The van der Waals surface area contributed by atoms with Crippen molar-refractivity contribution in [3.63, 3.8) is 0 Å². The van der Waals surface area contributed by atoms with Crippen LogP contribution in [-0.4, -0.2) is 9.52 Å². The first-order valence-corrected chi connectivity index (χ1v) is 21.2. The zero-order valence-corrected chi connectivity index (χ0v) is 30.3. The summed E-state index contributed by atoms with van der Waals surface area (Å²) >= 11 is 3.82. The molecule has 0 bridgehead atoms. The van der Waals surface area contributed by atoms with Gasteiger partial charge in [-0.15, -0.1) is 22.7 Å². The molecule has 49 heavy (non-hydrogen) atoms. The second-order valence-corrected chi connectivity index (χ2v) is 17.4. The molecule has 2 aromatic heterocycles. The second kappa shape index (κ2) is 12.4. The Hall–Kier alpha value is -4.02. The summed E-state index contributed by atoms with van der Waals surface area (Å²) in [6.45, 7) is 0. The molecule has 0 spiro atoms. The molecule has 4 aliphatic carbocycles. The van der Waals surface area contributed by atoms with Gasteiger partial charge in [0.05, 0.1) is 0 Å². The lowest BCUT2D eigenvalue weighted by molar-refractivity contribution is 0.910. The van der Waals surface area contributed by atoms with E-state index in [1.165, 1.54) is 93.7 Å². The molecular weight excluding hydrogens is 645 g/mol. The summed E-state index contributed by atoms with van der Waals surface area (Å²) in [5.74, 6) is 0.908. The standard InChI is InChI=1S/C46H38S2Si/c1-3-11-29(12-4-1)45-33-17-7-15-31(33)23-35-39(45)25-37(43-19-9-21-47-43)41(35)27-49-28-42-36-24-32-16-8-18-34(32)46(30-13-5-2-6-14-30)40(36)26-38(42)44-20-10-22-48-44/h1-6,9-14,19-26,41-42H,7-8,15-18,27-28H2. The minimum Gasteiger partial charge on any atom is -0.144 e. The van der Waals surface area contributed by atoms with Crippen LogP contribution in [0.4, 0.5) is 0 Å². The van der Waals surface area contributed by atoms with E-state index < -0.39 is 0 Å². The summed E-state index contributed by atoms with van der Waals surface area (Å²) in [6, 6.07) is 39.3. The fraction of sp³-hybridized carbons (Fsp3) is 0.217. The van der Waals surface area contributed by atoms with Crippen molar-refractivity contribution in [2.75, 3.05) is 0 Å². The Kier molecular flexibility index (Phi) is 7.55. The lowest BCUT2D eigenvalue weighted by Gasteiger charge is -2.22. The van der Waals surface area contributed by atoms with E-state index in [1.54, 1.807) is 44.5 Å². The topological polar surface area (TPSA) is 0 Å². The lowest BCUT2D eigenvalue weighted by atomic mass is 9.87. The molecule has 0 saturated carbocycles. The molecule has 0 N–H and O–H groups in total. The molecule has 0 nitrogen and oxygen atoms in total. The Morgan fingerprint density at radius 2 is 1.00 bits per heavy atom. The monoisotopic (exact) mass is 682 g/mol. The van der Waals surface area contributed by atoms with Gasteiger partial charge in [0.2, 0.25) is 0 Å². The van der Waals surface area contributed by atoms with Crippen LogP contribution in [0.5, 0.6) is 0 Å². The van der Waals surface area contributed by atoms with Crippen LogP contribution in [0, 0.1) is 0 Å². The highest BCUT2D eigenvalue weighted by Gasteiger charge is 2.35. The number of thiophene rings is 2. The van der Waals surface area contributed by atoms with Gasteiger partial charge in [-0.05, 0) is 151 Å². The molecule has 2 heterocycles. The zero-order chi connectivity index (χ0) is 32.3. The summed E-state index contributed by atoms with van der Waals surface area (Å²) in [6.07, 6.45) is 12.6. The van der Waals surface area contributed by atoms with E-state index in [-0.39, 0.29) is 0 Å². The average molecular weight is 683 g/mol. The Morgan fingerprint density at radius 3 is 1.43 bits per heavy atom. The number of fused-ring (bicyclic) bond motifs is 4.